The summed E-state index contributed by atoms with van der Waals surface area (Å²) in [7, 11) is 0. The van der Waals surface area contributed by atoms with Gasteiger partial charge in [0.15, 0.2) is 5.78 Å². The first-order valence-corrected chi connectivity index (χ1v) is 7.93. The smallest absolute Gasteiger partial charge is 0.194 e. The van der Waals surface area contributed by atoms with Crippen molar-refractivity contribution in [3.05, 3.63) is 67.2 Å². The molecule has 0 N–H and O–H groups in total. The van der Waals surface area contributed by atoms with Gasteiger partial charge in [0.05, 0.1) is 0 Å². The van der Waals surface area contributed by atoms with E-state index in [9.17, 15) is 4.79 Å². The summed E-state index contributed by atoms with van der Waals surface area (Å²) in [6.45, 7) is 12.4. The number of carbonyl (C=O) groups is 1. The van der Waals surface area contributed by atoms with Crippen molar-refractivity contribution < 1.29 is 4.79 Å². The van der Waals surface area contributed by atoms with Gasteiger partial charge in [-0.2, -0.15) is 0 Å². The number of carbonyl (C=O) groups excluding carboxylic acids is 1. The Morgan fingerprint density at radius 1 is 0.810 bits per heavy atom. The first-order valence-electron chi connectivity index (χ1n) is 7.14. The minimum absolute atomic E-state index is 0.103. The number of hydrogen-bond acceptors (Lipinski definition) is 1. The summed E-state index contributed by atoms with van der Waals surface area (Å²) in [4.78, 5) is 13.0. The van der Waals surface area contributed by atoms with Gasteiger partial charge in [-0.3, -0.25) is 4.79 Å². The van der Waals surface area contributed by atoms with Crippen LogP contribution in [0.3, 0.4) is 0 Å². The van der Waals surface area contributed by atoms with Gasteiger partial charge < -0.3 is 0 Å². The van der Waals surface area contributed by atoms with Crippen molar-refractivity contribution in [2.24, 2.45) is 0 Å². The Morgan fingerprint density at radius 3 is 1.81 bits per heavy atom. The number of benzene rings is 2. The molecule has 0 atom stereocenters. The van der Waals surface area contributed by atoms with Crippen LogP contribution in [-0.2, 0) is 0 Å². The summed E-state index contributed by atoms with van der Waals surface area (Å²) in [5.41, 5.74) is 8.56. The van der Waals surface area contributed by atoms with Crippen molar-refractivity contribution in [2.75, 3.05) is 0 Å². The average Bonchev–Trinajstić information content (AvgIpc) is 2.46. The van der Waals surface area contributed by atoms with Gasteiger partial charge in [-0.25, -0.2) is 0 Å². The van der Waals surface area contributed by atoms with Gasteiger partial charge in [0.1, 0.15) is 0 Å². The van der Waals surface area contributed by atoms with Crippen molar-refractivity contribution in [3.63, 3.8) is 0 Å². The molecule has 2 rings (SSSR count). The van der Waals surface area contributed by atoms with E-state index in [0.717, 1.165) is 32.3 Å². The molecule has 0 aromatic heterocycles. The molecule has 0 aliphatic rings. The number of rotatable bonds is 2. The lowest BCUT2D eigenvalue weighted by molar-refractivity contribution is 0.103. The second-order valence-corrected chi connectivity index (χ2v) is 6.56. The predicted molar refractivity (Wildman–Crippen MR) is 92.4 cm³/mol. The summed E-state index contributed by atoms with van der Waals surface area (Å²) in [5.74, 6) is 0.103. The molecule has 0 radical (unpaired) electrons. The van der Waals surface area contributed by atoms with Gasteiger partial charge in [-0.15, -0.1) is 0 Å². The second-order valence-electron chi connectivity index (χ2n) is 5.77. The molecule has 0 saturated heterocycles. The van der Waals surface area contributed by atoms with Crippen LogP contribution in [0.25, 0.3) is 0 Å². The Labute approximate surface area is 135 Å². The fourth-order valence-corrected chi connectivity index (χ4v) is 3.24. The molecular formula is C19H21BrO. The fraction of sp³-hybridized carbons (Fsp3) is 0.316. The van der Waals surface area contributed by atoms with Crippen molar-refractivity contribution in [3.8, 4) is 0 Å². The third kappa shape index (κ3) is 2.57. The maximum absolute atomic E-state index is 13.0. The van der Waals surface area contributed by atoms with E-state index in [1.807, 2.05) is 39.0 Å². The molecule has 0 aliphatic carbocycles. The summed E-state index contributed by atoms with van der Waals surface area (Å²) < 4.78 is 0.893. The lowest BCUT2D eigenvalue weighted by atomic mass is 9.86. The van der Waals surface area contributed by atoms with Gasteiger partial charge in [-0.05, 0) is 96.9 Å². The van der Waals surface area contributed by atoms with Crippen LogP contribution in [0, 0.1) is 41.5 Å². The van der Waals surface area contributed by atoms with E-state index in [1.54, 1.807) is 0 Å². The Bertz CT molecular complexity index is 713. The number of hydrogen-bond donors (Lipinski definition) is 0. The van der Waals surface area contributed by atoms with Crippen LogP contribution in [-0.4, -0.2) is 5.78 Å². The zero-order valence-corrected chi connectivity index (χ0v) is 15.1. The molecule has 0 unspecified atom stereocenters. The Morgan fingerprint density at radius 2 is 1.29 bits per heavy atom. The van der Waals surface area contributed by atoms with Crippen molar-refractivity contribution >= 4 is 21.7 Å². The maximum atomic E-state index is 13.0. The molecule has 0 heterocycles. The van der Waals surface area contributed by atoms with E-state index in [0.29, 0.717) is 0 Å². The molecule has 0 aliphatic heterocycles. The van der Waals surface area contributed by atoms with Crippen LogP contribution >= 0.6 is 15.9 Å². The average molecular weight is 345 g/mol. The molecule has 110 valence electrons. The molecule has 0 amide bonds. The molecular weight excluding hydrogens is 324 g/mol. The highest BCUT2D eigenvalue weighted by Gasteiger charge is 2.21. The first kappa shape index (κ1) is 16.0. The molecule has 2 heteroatoms. The van der Waals surface area contributed by atoms with Gasteiger partial charge in [0.2, 0.25) is 0 Å². The first-order chi connectivity index (χ1) is 9.77. The van der Waals surface area contributed by atoms with E-state index >= 15 is 0 Å². The molecule has 1 nitrogen and oxygen atoms in total. The lowest BCUT2D eigenvalue weighted by Gasteiger charge is -2.18. The van der Waals surface area contributed by atoms with E-state index in [2.05, 4.69) is 36.7 Å². The topological polar surface area (TPSA) is 17.1 Å². The largest absolute Gasteiger partial charge is 0.289 e. The number of ketones is 1. The van der Waals surface area contributed by atoms with Crippen molar-refractivity contribution in [2.45, 2.75) is 41.5 Å². The maximum Gasteiger partial charge on any atom is 0.194 e. The molecule has 21 heavy (non-hydrogen) atoms. The third-order valence-electron chi connectivity index (χ3n) is 4.66. The van der Waals surface area contributed by atoms with Crippen LogP contribution in [0.2, 0.25) is 0 Å². The summed E-state index contributed by atoms with van der Waals surface area (Å²) in [5, 5.41) is 0. The van der Waals surface area contributed by atoms with E-state index in [4.69, 9.17) is 0 Å². The zero-order chi connectivity index (χ0) is 15.9. The second kappa shape index (κ2) is 5.76. The van der Waals surface area contributed by atoms with Crippen LogP contribution in [0.15, 0.2) is 22.7 Å². The van der Waals surface area contributed by atoms with E-state index in [-0.39, 0.29) is 5.78 Å². The standard InChI is InChI=1S/C19H21BrO/c1-10-8-7-9-16(18(10)20)19(21)17-14(5)12(3)11(2)13(4)15(17)6/h7-9H,1-6H3. The fourth-order valence-electron chi connectivity index (χ4n) is 2.80. The highest BCUT2D eigenvalue weighted by molar-refractivity contribution is 9.10. The number of halogens is 1. The summed E-state index contributed by atoms with van der Waals surface area (Å²) in [6, 6.07) is 5.83. The van der Waals surface area contributed by atoms with E-state index in [1.165, 1.54) is 16.7 Å². The van der Waals surface area contributed by atoms with Crippen molar-refractivity contribution in [1.29, 1.82) is 0 Å². The Balaban J connectivity index is 2.73. The molecule has 2 aromatic rings. The molecule has 0 bridgehead atoms. The normalized spacial score (nSPS) is 10.8. The lowest BCUT2D eigenvalue weighted by Crippen LogP contribution is -2.11. The monoisotopic (exact) mass is 344 g/mol. The molecule has 0 spiro atoms. The molecule has 2 aromatic carbocycles. The van der Waals surface area contributed by atoms with Crippen LogP contribution in [0.5, 0.6) is 0 Å². The highest BCUT2D eigenvalue weighted by Crippen LogP contribution is 2.30. The molecule has 0 saturated carbocycles. The van der Waals surface area contributed by atoms with E-state index < -0.39 is 0 Å². The predicted octanol–water partition coefficient (Wildman–Crippen LogP) is 5.53. The molecule has 0 fully saturated rings. The quantitative estimate of drug-likeness (QED) is 0.654. The van der Waals surface area contributed by atoms with Gasteiger partial charge in [0.25, 0.3) is 0 Å². The van der Waals surface area contributed by atoms with Crippen LogP contribution < -0.4 is 0 Å². The van der Waals surface area contributed by atoms with Gasteiger partial charge >= 0.3 is 0 Å². The van der Waals surface area contributed by atoms with Crippen LogP contribution in [0.1, 0.15) is 49.3 Å². The third-order valence-corrected chi connectivity index (χ3v) is 5.72. The summed E-state index contributed by atoms with van der Waals surface area (Å²) in [6.07, 6.45) is 0. The highest BCUT2D eigenvalue weighted by atomic mass is 79.9. The SMILES string of the molecule is Cc1cccc(C(=O)c2c(C)c(C)c(C)c(C)c2C)c1Br. The minimum atomic E-state index is 0.103. The van der Waals surface area contributed by atoms with Gasteiger partial charge in [-0.1, -0.05) is 12.1 Å². The van der Waals surface area contributed by atoms with Crippen molar-refractivity contribution in [1.82, 2.24) is 0 Å². The Hall–Kier alpha value is -1.41. The summed E-state index contributed by atoms with van der Waals surface area (Å²) >= 11 is 3.56. The van der Waals surface area contributed by atoms with Crippen LogP contribution in [0.4, 0.5) is 0 Å². The zero-order valence-electron chi connectivity index (χ0n) is 13.5. The number of aryl methyl sites for hydroxylation is 1. The van der Waals surface area contributed by atoms with Gasteiger partial charge in [0, 0.05) is 15.6 Å². The minimum Gasteiger partial charge on any atom is -0.289 e. The Kier molecular flexibility index (Phi) is 4.38.